The topological polar surface area (TPSA) is 12.0 Å². The summed E-state index contributed by atoms with van der Waals surface area (Å²) >= 11 is 0. The van der Waals surface area contributed by atoms with Crippen LogP contribution in [0.3, 0.4) is 0 Å². The summed E-state index contributed by atoms with van der Waals surface area (Å²) in [5.41, 5.74) is 1.17. The zero-order valence-corrected chi connectivity index (χ0v) is 10.0. The highest BCUT2D eigenvalue weighted by atomic mass is 15.0. The molecule has 2 fully saturated rings. The molecule has 0 aromatic carbocycles. The van der Waals surface area contributed by atoms with Crippen LogP contribution in [0.1, 0.15) is 59.3 Å². The highest BCUT2D eigenvalue weighted by molar-refractivity contribution is 5.01. The lowest BCUT2D eigenvalue weighted by Gasteiger charge is -2.50. The molecule has 1 nitrogen and oxygen atoms in total. The molecule has 1 aliphatic carbocycles. The van der Waals surface area contributed by atoms with Gasteiger partial charge in [0.1, 0.15) is 0 Å². The van der Waals surface area contributed by atoms with Crippen LogP contribution in [0.2, 0.25) is 0 Å². The third-order valence-corrected chi connectivity index (χ3v) is 5.06. The molecule has 1 heterocycles. The summed E-state index contributed by atoms with van der Waals surface area (Å²) in [6.07, 6.45) is 8.54. The molecular formula is C13H25N. The largest absolute Gasteiger partial charge is 0.311 e. The lowest BCUT2D eigenvalue weighted by molar-refractivity contribution is 0.0639. The first-order valence-electron chi connectivity index (χ1n) is 6.33. The van der Waals surface area contributed by atoms with Crippen molar-refractivity contribution in [3.63, 3.8) is 0 Å². The zero-order valence-electron chi connectivity index (χ0n) is 10.0. The minimum absolute atomic E-state index is 0.575. The van der Waals surface area contributed by atoms with Gasteiger partial charge in [0.25, 0.3) is 0 Å². The second-order valence-corrected chi connectivity index (χ2v) is 6.07. The molecule has 1 heteroatoms. The monoisotopic (exact) mass is 195 g/mol. The molecule has 1 spiro atoms. The molecular weight excluding hydrogens is 170 g/mol. The van der Waals surface area contributed by atoms with Gasteiger partial charge in [-0.25, -0.2) is 0 Å². The Morgan fingerprint density at radius 1 is 1.21 bits per heavy atom. The molecule has 82 valence electrons. The van der Waals surface area contributed by atoms with E-state index in [0.717, 1.165) is 5.92 Å². The van der Waals surface area contributed by atoms with Crippen molar-refractivity contribution in [2.24, 2.45) is 11.3 Å². The van der Waals surface area contributed by atoms with E-state index in [1.807, 2.05) is 0 Å². The third kappa shape index (κ3) is 1.71. The molecule has 0 aromatic rings. The summed E-state index contributed by atoms with van der Waals surface area (Å²) in [5.74, 6) is 0.973. The molecule has 2 rings (SSSR count). The van der Waals surface area contributed by atoms with E-state index in [1.54, 1.807) is 0 Å². The van der Waals surface area contributed by atoms with E-state index >= 15 is 0 Å². The van der Waals surface area contributed by atoms with Crippen molar-refractivity contribution in [1.82, 2.24) is 5.32 Å². The Balaban J connectivity index is 1.89. The van der Waals surface area contributed by atoms with Crippen molar-refractivity contribution < 1.29 is 0 Å². The van der Waals surface area contributed by atoms with Gasteiger partial charge >= 0.3 is 0 Å². The van der Waals surface area contributed by atoms with Gasteiger partial charge in [0.05, 0.1) is 0 Å². The van der Waals surface area contributed by atoms with E-state index < -0.39 is 0 Å². The molecule has 0 radical (unpaired) electrons. The molecule has 1 saturated heterocycles. The van der Waals surface area contributed by atoms with Gasteiger partial charge in [0, 0.05) is 5.54 Å². The van der Waals surface area contributed by atoms with Gasteiger partial charge in [-0.1, -0.05) is 27.2 Å². The fraction of sp³-hybridized carbons (Fsp3) is 1.00. The van der Waals surface area contributed by atoms with Crippen LogP contribution in [0.15, 0.2) is 0 Å². The van der Waals surface area contributed by atoms with Crippen LogP contribution in [0.25, 0.3) is 0 Å². The Labute approximate surface area is 88.7 Å². The van der Waals surface area contributed by atoms with E-state index in [2.05, 4.69) is 26.1 Å². The third-order valence-electron chi connectivity index (χ3n) is 5.06. The molecule has 0 aromatic heterocycles. The van der Waals surface area contributed by atoms with Crippen LogP contribution >= 0.6 is 0 Å². The summed E-state index contributed by atoms with van der Waals surface area (Å²) in [4.78, 5) is 0. The molecule has 0 amide bonds. The van der Waals surface area contributed by atoms with Crippen LogP contribution in [0.4, 0.5) is 0 Å². The molecule has 0 unspecified atom stereocenters. The summed E-state index contributed by atoms with van der Waals surface area (Å²) in [6.45, 7) is 8.50. The predicted molar refractivity (Wildman–Crippen MR) is 61.4 cm³/mol. The zero-order chi connectivity index (χ0) is 10.2. The molecule has 1 N–H and O–H groups in total. The number of hydrogen-bond donors (Lipinski definition) is 1. The first kappa shape index (κ1) is 10.5. The normalized spacial score (nSPS) is 38.4. The van der Waals surface area contributed by atoms with E-state index in [4.69, 9.17) is 0 Å². The maximum atomic E-state index is 3.65. The second-order valence-electron chi connectivity index (χ2n) is 6.07. The fourth-order valence-electron chi connectivity index (χ4n) is 3.15. The number of nitrogens with one attached hydrogen (secondary N) is 1. The number of rotatable bonds is 2. The highest BCUT2D eigenvalue weighted by Crippen LogP contribution is 2.45. The highest BCUT2D eigenvalue weighted by Gasteiger charge is 2.42. The van der Waals surface area contributed by atoms with E-state index in [9.17, 15) is 0 Å². The van der Waals surface area contributed by atoms with Crippen LogP contribution < -0.4 is 5.32 Å². The van der Waals surface area contributed by atoms with Crippen LogP contribution in [-0.4, -0.2) is 12.1 Å². The summed E-state index contributed by atoms with van der Waals surface area (Å²) in [5, 5.41) is 3.65. The molecule has 1 saturated carbocycles. The van der Waals surface area contributed by atoms with Gasteiger partial charge in [-0.3, -0.25) is 0 Å². The SMILES string of the molecule is CCC(C)(C)C1CCC2(CCN2)CC1. The van der Waals surface area contributed by atoms with Crippen molar-refractivity contribution in [2.45, 2.75) is 64.8 Å². The minimum atomic E-state index is 0.575. The van der Waals surface area contributed by atoms with Gasteiger partial charge in [0.2, 0.25) is 0 Å². The maximum Gasteiger partial charge on any atom is 0.0193 e. The van der Waals surface area contributed by atoms with Crippen molar-refractivity contribution in [2.75, 3.05) is 6.54 Å². The van der Waals surface area contributed by atoms with Crippen molar-refractivity contribution in [3.8, 4) is 0 Å². The fourth-order valence-corrected chi connectivity index (χ4v) is 3.15. The van der Waals surface area contributed by atoms with Crippen LogP contribution in [0.5, 0.6) is 0 Å². The maximum absolute atomic E-state index is 3.65. The van der Waals surface area contributed by atoms with E-state index in [1.165, 1.54) is 45.1 Å². The van der Waals surface area contributed by atoms with Gasteiger partial charge in [-0.2, -0.15) is 0 Å². The first-order chi connectivity index (χ1) is 6.58. The van der Waals surface area contributed by atoms with Crippen LogP contribution in [0, 0.1) is 11.3 Å². The van der Waals surface area contributed by atoms with Crippen molar-refractivity contribution in [1.29, 1.82) is 0 Å². The summed E-state index contributed by atoms with van der Waals surface area (Å²) < 4.78 is 0. The quantitative estimate of drug-likeness (QED) is 0.712. The Bertz CT molecular complexity index is 193. The molecule has 0 bridgehead atoms. The Hall–Kier alpha value is -0.0400. The van der Waals surface area contributed by atoms with E-state index in [0.29, 0.717) is 11.0 Å². The standard InChI is InChI=1S/C13H25N/c1-4-12(2,3)11-5-7-13(8-6-11)9-10-14-13/h11,14H,4-10H2,1-3H3. The molecule has 2 aliphatic rings. The first-order valence-corrected chi connectivity index (χ1v) is 6.33. The van der Waals surface area contributed by atoms with Gasteiger partial charge in [-0.15, -0.1) is 0 Å². The van der Waals surface area contributed by atoms with Gasteiger partial charge < -0.3 is 5.32 Å². The smallest absolute Gasteiger partial charge is 0.0193 e. The average molecular weight is 195 g/mol. The van der Waals surface area contributed by atoms with Crippen LogP contribution in [-0.2, 0) is 0 Å². The average Bonchev–Trinajstić information content (AvgIpc) is 2.16. The minimum Gasteiger partial charge on any atom is -0.311 e. The Kier molecular flexibility index (Phi) is 2.63. The van der Waals surface area contributed by atoms with Crippen molar-refractivity contribution in [3.05, 3.63) is 0 Å². The number of hydrogen-bond acceptors (Lipinski definition) is 1. The molecule has 0 atom stereocenters. The van der Waals surface area contributed by atoms with Gasteiger partial charge in [-0.05, 0) is 50.0 Å². The Morgan fingerprint density at radius 2 is 1.79 bits per heavy atom. The molecule has 14 heavy (non-hydrogen) atoms. The Morgan fingerprint density at radius 3 is 2.14 bits per heavy atom. The van der Waals surface area contributed by atoms with Gasteiger partial charge in [0.15, 0.2) is 0 Å². The lowest BCUT2D eigenvalue weighted by atomic mass is 9.63. The lowest BCUT2D eigenvalue weighted by Crippen LogP contribution is -2.59. The predicted octanol–water partition coefficient (Wildman–Crippen LogP) is 3.34. The van der Waals surface area contributed by atoms with Crippen molar-refractivity contribution >= 4 is 0 Å². The summed E-state index contributed by atoms with van der Waals surface area (Å²) in [7, 11) is 0. The second kappa shape index (κ2) is 3.52. The summed E-state index contributed by atoms with van der Waals surface area (Å²) in [6, 6.07) is 0. The molecule has 1 aliphatic heterocycles. The van der Waals surface area contributed by atoms with E-state index in [-0.39, 0.29) is 0 Å².